The molecule has 0 saturated heterocycles. The highest BCUT2D eigenvalue weighted by Crippen LogP contribution is 2.27. The summed E-state index contributed by atoms with van der Waals surface area (Å²) < 4.78 is 59.6. The average molecular weight is 409 g/mol. The summed E-state index contributed by atoms with van der Waals surface area (Å²) in [6.45, 7) is 0.139. The minimum absolute atomic E-state index is 0.0310. The topological polar surface area (TPSA) is 46.6 Å². The molecule has 0 atom stereocenters. The summed E-state index contributed by atoms with van der Waals surface area (Å²) in [4.78, 5) is 0.531. The molecule has 0 spiro atoms. The molecule has 0 amide bonds. The zero-order chi connectivity index (χ0) is 19.4. The van der Waals surface area contributed by atoms with Gasteiger partial charge in [0, 0.05) is 23.5 Å². The molecule has 4 nitrogen and oxygen atoms in total. The van der Waals surface area contributed by atoms with Crippen LogP contribution >= 0.6 is 11.3 Å². The third-order valence-corrected chi connectivity index (χ3v) is 6.63. The molecule has 2 aromatic carbocycles. The Morgan fingerprint density at radius 2 is 1.78 bits per heavy atom. The van der Waals surface area contributed by atoms with Gasteiger partial charge in [-0.2, -0.15) is 4.31 Å². The van der Waals surface area contributed by atoms with E-state index in [1.54, 1.807) is 24.3 Å². The Morgan fingerprint density at radius 3 is 2.44 bits per heavy atom. The molecule has 1 heterocycles. The summed E-state index contributed by atoms with van der Waals surface area (Å²) in [6, 6.07) is 13.3. The third-order valence-electron chi connectivity index (χ3n) is 3.98. The standard InChI is InChI=1S/C19H17F2NO3S2/c1-25-19-7-3-2-5-14(19)12-22(13-15-6-4-10-26-15)27(23,24)16-8-9-17(20)18(21)11-16/h2-11H,12-13H2,1H3. The lowest BCUT2D eigenvalue weighted by atomic mass is 10.2. The minimum atomic E-state index is -4.06. The number of sulfonamides is 1. The predicted octanol–water partition coefficient (Wildman–Crippen LogP) is 4.43. The number of hydrogen-bond acceptors (Lipinski definition) is 4. The summed E-state index contributed by atoms with van der Waals surface area (Å²) in [5.41, 5.74) is 0.669. The second-order valence-electron chi connectivity index (χ2n) is 5.74. The normalized spacial score (nSPS) is 11.7. The van der Waals surface area contributed by atoms with Crippen LogP contribution in [0.5, 0.6) is 5.75 Å². The van der Waals surface area contributed by atoms with Crippen LogP contribution in [0.2, 0.25) is 0 Å². The van der Waals surface area contributed by atoms with Gasteiger partial charge in [-0.25, -0.2) is 17.2 Å². The number of thiophene rings is 1. The van der Waals surface area contributed by atoms with Crippen LogP contribution in [0.15, 0.2) is 64.9 Å². The SMILES string of the molecule is COc1ccccc1CN(Cc1cccs1)S(=O)(=O)c1ccc(F)c(F)c1. The quantitative estimate of drug-likeness (QED) is 0.580. The van der Waals surface area contributed by atoms with Gasteiger partial charge in [0.25, 0.3) is 0 Å². The Bertz CT molecular complexity index is 1020. The minimum Gasteiger partial charge on any atom is -0.496 e. The number of hydrogen-bond donors (Lipinski definition) is 0. The first-order valence-electron chi connectivity index (χ1n) is 8.01. The van der Waals surface area contributed by atoms with Crippen molar-refractivity contribution < 1.29 is 21.9 Å². The molecule has 3 rings (SSSR count). The van der Waals surface area contributed by atoms with E-state index in [9.17, 15) is 17.2 Å². The lowest BCUT2D eigenvalue weighted by Crippen LogP contribution is -2.30. The van der Waals surface area contributed by atoms with Gasteiger partial charge in [0.05, 0.1) is 12.0 Å². The molecule has 0 unspecified atom stereocenters. The Labute approximate surface area is 160 Å². The molecule has 0 bridgehead atoms. The van der Waals surface area contributed by atoms with Gasteiger partial charge in [-0.15, -0.1) is 11.3 Å². The van der Waals surface area contributed by atoms with E-state index in [1.165, 1.54) is 22.8 Å². The van der Waals surface area contributed by atoms with Crippen LogP contribution in [0.4, 0.5) is 8.78 Å². The highest BCUT2D eigenvalue weighted by Gasteiger charge is 2.27. The van der Waals surface area contributed by atoms with Gasteiger partial charge in [-0.1, -0.05) is 24.3 Å². The second kappa shape index (κ2) is 8.16. The molecule has 3 aromatic rings. The molecule has 142 valence electrons. The van der Waals surface area contributed by atoms with Crippen LogP contribution in [0.3, 0.4) is 0 Å². The van der Waals surface area contributed by atoms with Gasteiger partial charge in [0.15, 0.2) is 11.6 Å². The first-order valence-corrected chi connectivity index (χ1v) is 10.3. The molecular weight excluding hydrogens is 392 g/mol. The summed E-state index contributed by atoms with van der Waals surface area (Å²) in [5.74, 6) is -1.75. The van der Waals surface area contributed by atoms with Crippen molar-refractivity contribution in [3.8, 4) is 5.75 Å². The van der Waals surface area contributed by atoms with Crippen LogP contribution in [0.1, 0.15) is 10.4 Å². The fraction of sp³-hybridized carbons (Fsp3) is 0.158. The lowest BCUT2D eigenvalue weighted by Gasteiger charge is -2.23. The maximum atomic E-state index is 13.6. The number of ether oxygens (including phenoxy) is 1. The van der Waals surface area contributed by atoms with E-state index in [-0.39, 0.29) is 18.0 Å². The lowest BCUT2D eigenvalue weighted by molar-refractivity contribution is 0.377. The molecule has 0 saturated carbocycles. The second-order valence-corrected chi connectivity index (χ2v) is 8.71. The van der Waals surface area contributed by atoms with Gasteiger partial charge in [-0.05, 0) is 35.7 Å². The van der Waals surface area contributed by atoms with Gasteiger partial charge in [-0.3, -0.25) is 0 Å². The number of benzene rings is 2. The summed E-state index contributed by atoms with van der Waals surface area (Å²) in [7, 11) is -2.56. The fourth-order valence-electron chi connectivity index (χ4n) is 2.61. The molecular formula is C19H17F2NO3S2. The van der Waals surface area contributed by atoms with Crippen molar-refractivity contribution in [1.29, 1.82) is 0 Å². The Kier molecular flexibility index (Phi) is 5.88. The maximum Gasteiger partial charge on any atom is 0.243 e. The number of para-hydroxylation sites is 1. The Hall–Kier alpha value is -2.29. The molecule has 0 fully saturated rings. The van der Waals surface area contributed by atoms with Crippen molar-refractivity contribution in [3.63, 3.8) is 0 Å². The van der Waals surface area contributed by atoms with Crippen LogP contribution in [0, 0.1) is 11.6 Å². The van der Waals surface area contributed by atoms with E-state index >= 15 is 0 Å². The van der Waals surface area contributed by atoms with Gasteiger partial charge in [0.2, 0.25) is 10.0 Å². The van der Waals surface area contributed by atoms with Crippen molar-refractivity contribution in [2.24, 2.45) is 0 Å². The molecule has 1 aromatic heterocycles. The third kappa shape index (κ3) is 4.35. The zero-order valence-electron chi connectivity index (χ0n) is 14.4. The summed E-state index contributed by atoms with van der Waals surface area (Å²) in [6.07, 6.45) is 0. The summed E-state index contributed by atoms with van der Waals surface area (Å²) >= 11 is 1.42. The predicted molar refractivity (Wildman–Crippen MR) is 100 cm³/mol. The molecule has 0 aliphatic carbocycles. The summed E-state index contributed by atoms with van der Waals surface area (Å²) in [5, 5.41) is 1.85. The maximum absolute atomic E-state index is 13.6. The van der Waals surface area contributed by atoms with Crippen LogP contribution in [-0.2, 0) is 23.1 Å². The van der Waals surface area contributed by atoms with Crippen molar-refractivity contribution in [3.05, 3.63) is 82.1 Å². The van der Waals surface area contributed by atoms with Crippen LogP contribution in [-0.4, -0.2) is 19.8 Å². The highest BCUT2D eigenvalue weighted by molar-refractivity contribution is 7.89. The number of halogens is 2. The van der Waals surface area contributed by atoms with Crippen LogP contribution < -0.4 is 4.74 Å². The van der Waals surface area contributed by atoms with E-state index in [0.717, 1.165) is 17.0 Å². The van der Waals surface area contributed by atoms with E-state index < -0.39 is 21.7 Å². The van der Waals surface area contributed by atoms with Crippen LogP contribution in [0.25, 0.3) is 0 Å². The highest BCUT2D eigenvalue weighted by atomic mass is 32.2. The van der Waals surface area contributed by atoms with E-state index in [2.05, 4.69) is 0 Å². The van der Waals surface area contributed by atoms with E-state index in [4.69, 9.17) is 4.74 Å². The van der Waals surface area contributed by atoms with Gasteiger partial charge >= 0.3 is 0 Å². The molecule has 0 radical (unpaired) electrons. The van der Waals surface area contributed by atoms with Crippen molar-refractivity contribution in [2.45, 2.75) is 18.0 Å². The number of rotatable bonds is 7. The van der Waals surface area contributed by atoms with Crippen molar-refractivity contribution >= 4 is 21.4 Å². The molecule has 0 N–H and O–H groups in total. The number of methoxy groups -OCH3 is 1. The fourth-order valence-corrected chi connectivity index (χ4v) is 4.82. The molecule has 8 heteroatoms. The number of nitrogens with zero attached hydrogens (tertiary/aromatic N) is 1. The van der Waals surface area contributed by atoms with E-state index in [1.807, 2.05) is 17.5 Å². The largest absolute Gasteiger partial charge is 0.496 e. The Morgan fingerprint density at radius 1 is 1.00 bits per heavy atom. The average Bonchev–Trinajstić information content (AvgIpc) is 3.17. The van der Waals surface area contributed by atoms with Gasteiger partial charge in [0.1, 0.15) is 5.75 Å². The smallest absolute Gasteiger partial charge is 0.243 e. The monoisotopic (exact) mass is 409 g/mol. The first-order chi connectivity index (χ1) is 12.9. The molecule has 0 aliphatic rings. The first kappa shape index (κ1) is 19.5. The Balaban J connectivity index is 2.01. The zero-order valence-corrected chi connectivity index (χ0v) is 16.1. The van der Waals surface area contributed by atoms with E-state index in [0.29, 0.717) is 17.4 Å². The van der Waals surface area contributed by atoms with Crippen molar-refractivity contribution in [1.82, 2.24) is 4.31 Å². The van der Waals surface area contributed by atoms with Gasteiger partial charge < -0.3 is 4.74 Å². The molecule has 27 heavy (non-hydrogen) atoms. The van der Waals surface area contributed by atoms with Crippen molar-refractivity contribution in [2.75, 3.05) is 7.11 Å². The molecule has 0 aliphatic heterocycles.